The third-order valence-electron chi connectivity index (χ3n) is 2.22. The summed E-state index contributed by atoms with van der Waals surface area (Å²) in [6.07, 6.45) is 0. The molecule has 0 aromatic heterocycles. The smallest absolute Gasteiger partial charge is 0.279 e. The zero-order chi connectivity index (χ0) is 13.1. The fourth-order valence-electron chi connectivity index (χ4n) is 1.35. The van der Waals surface area contributed by atoms with Crippen LogP contribution in [0.15, 0.2) is 24.3 Å². The molecule has 0 spiro atoms. The number of hydrogen-bond acceptors (Lipinski definition) is 3. The van der Waals surface area contributed by atoms with Gasteiger partial charge in [-0.25, -0.2) is 0 Å². The summed E-state index contributed by atoms with van der Waals surface area (Å²) >= 11 is 11.7. The number of alkyl halides is 1. The first-order valence-electron chi connectivity index (χ1n) is 4.97. The molecule has 0 aliphatic heterocycles. The highest BCUT2D eigenvalue weighted by molar-refractivity contribution is 6.30. The minimum absolute atomic E-state index is 0.107. The summed E-state index contributed by atoms with van der Waals surface area (Å²) in [6.45, 7) is 1.73. The van der Waals surface area contributed by atoms with E-state index in [1.54, 1.807) is 31.2 Å². The second kappa shape index (κ2) is 5.69. The van der Waals surface area contributed by atoms with Crippen molar-refractivity contribution in [2.75, 3.05) is 6.61 Å². The molecular weight excluding hydrogens is 265 g/mol. The molecular formula is C11H13Cl2NO3. The molecule has 1 aromatic rings. The Morgan fingerprint density at radius 3 is 2.47 bits per heavy atom. The molecule has 1 aromatic carbocycles. The van der Waals surface area contributed by atoms with Crippen molar-refractivity contribution in [1.29, 1.82) is 0 Å². The second-order valence-corrected chi connectivity index (χ2v) is 4.28. The second-order valence-electron chi connectivity index (χ2n) is 3.41. The first kappa shape index (κ1) is 14.3. The van der Waals surface area contributed by atoms with Gasteiger partial charge in [-0.2, -0.15) is 0 Å². The topological polar surface area (TPSA) is 72.6 Å². The number of benzene rings is 1. The Morgan fingerprint density at radius 2 is 2.06 bits per heavy atom. The molecule has 94 valence electrons. The van der Waals surface area contributed by atoms with E-state index in [2.05, 4.69) is 0 Å². The Hall–Kier alpha value is -0.810. The normalized spacial score (nSPS) is 16.2. The third kappa shape index (κ3) is 3.10. The number of carbonyl (C=O) groups excluding carboxylic acids is 1. The highest BCUT2D eigenvalue weighted by atomic mass is 35.5. The molecule has 0 bridgehead atoms. The Morgan fingerprint density at radius 1 is 1.53 bits per heavy atom. The minimum Gasteiger partial charge on any atom is -0.365 e. The molecule has 17 heavy (non-hydrogen) atoms. The molecule has 4 nitrogen and oxygen atoms in total. The van der Waals surface area contributed by atoms with Crippen LogP contribution in [0.3, 0.4) is 0 Å². The summed E-state index contributed by atoms with van der Waals surface area (Å²) in [5, 5.41) is 9.44. The van der Waals surface area contributed by atoms with Gasteiger partial charge in [-0.3, -0.25) is 4.79 Å². The Bertz CT molecular complexity index is 396. The number of carbonyl (C=O) groups is 1. The van der Waals surface area contributed by atoms with E-state index in [0.717, 1.165) is 0 Å². The summed E-state index contributed by atoms with van der Waals surface area (Å²) in [5.74, 6) is -3.27. The molecule has 2 atom stereocenters. The van der Waals surface area contributed by atoms with Crippen molar-refractivity contribution >= 4 is 29.1 Å². The lowest BCUT2D eigenvalue weighted by atomic mass is 10.0. The number of halogens is 2. The quantitative estimate of drug-likeness (QED) is 0.637. The van der Waals surface area contributed by atoms with Gasteiger partial charge >= 0.3 is 0 Å². The molecule has 6 heteroatoms. The Labute approximate surface area is 109 Å². The first-order chi connectivity index (χ1) is 7.91. The summed E-state index contributed by atoms with van der Waals surface area (Å²) < 4.78 is 4.95. The van der Waals surface area contributed by atoms with Crippen LogP contribution in [0, 0.1) is 0 Å². The number of amides is 1. The van der Waals surface area contributed by atoms with E-state index >= 15 is 0 Å². The maximum Gasteiger partial charge on any atom is 0.279 e. The zero-order valence-corrected chi connectivity index (χ0v) is 10.7. The van der Waals surface area contributed by atoms with Crippen LogP contribution in [0.2, 0.25) is 5.02 Å². The van der Waals surface area contributed by atoms with E-state index in [9.17, 15) is 9.90 Å². The lowest BCUT2D eigenvalue weighted by Crippen LogP contribution is -2.49. The largest absolute Gasteiger partial charge is 0.365 e. The number of nitrogens with two attached hydrogens (primary N) is 1. The molecule has 3 N–H and O–H groups in total. The van der Waals surface area contributed by atoms with Crippen LogP contribution >= 0.6 is 23.2 Å². The molecule has 0 aliphatic carbocycles. The summed E-state index contributed by atoms with van der Waals surface area (Å²) in [7, 11) is 0. The maximum atomic E-state index is 11.2. The first-order valence-corrected chi connectivity index (χ1v) is 5.79. The van der Waals surface area contributed by atoms with Crippen LogP contribution < -0.4 is 5.73 Å². The lowest BCUT2D eigenvalue weighted by Gasteiger charge is -2.29. The molecule has 0 radical (unpaired) electrons. The minimum atomic E-state index is -2.23. The van der Waals surface area contributed by atoms with Crippen LogP contribution in [-0.2, 0) is 9.53 Å². The molecule has 0 fully saturated rings. The summed E-state index contributed by atoms with van der Waals surface area (Å²) in [5.41, 5.74) is 5.59. The number of primary amides is 1. The van der Waals surface area contributed by atoms with Gasteiger partial charge in [0.05, 0.1) is 0 Å². The van der Waals surface area contributed by atoms with E-state index in [0.29, 0.717) is 10.6 Å². The van der Waals surface area contributed by atoms with Crippen molar-refractivity contribution in [3.8, 4) is 0 Å². The van der Waals surface area contributed by atoms with Gasteiger partial charge in [-0.15, -0.1) is 11.6 Å². The van der Waals surface area contributed by atoms with Gasteiger partial charge in [0, 0.05) is 11.6 Å². The Kier molecular flexibility index (Phi) is 4.77. The van der Waals surface area contributed by atoms with E-state index in [1.165, 1.54) is 0 Å². The summed E-state index contributed by atoms with van der Waals surface area (Å²) in [4.78, 5) is 11.2. The van der Waals surface area contributed by atoms with Gasteiger partial charge in [0.2, 0.25) is 0 Å². The van der Waals surface area contributed by atoms with Gasteiger partial charge in [0.25, 0.3) is 11.7 Å². The van der Waals surface area contributed by atoms with Crippen LogP contribution in [0.25, 0.3) is 0 Å². The lowest BCUT2D eigenvalue weighted by molar-refractivity contribution is -0.204. The summed E-state index contributed by atoms with van der Waals surface area (Å²) in [6, 6.07) is 6.37. The van der Waals surface area contributed by atoms with E-state index in [4.69, 9.17) is 33.7 Å². The fourth-order valence-corrected chi connectivity index (χ4v) is 1.79. The number of hydrogen-bond donors (Lipinski definition) is 2. The number of ether oxygens (including phenoxy) is 1. The van der Waals surface area contributed by atoms with Crippen molar-refractivity contribution in [3.05, 3.63) is 34.9 Å². The van der Waals surface area contributed by atoms with Crippen LogP contribution in [0.4, 0.5) is 0 Å². The molecule has 1 rings (SSSR count). The predicted octanol–water partition coefficient (Wildman–Crippen LogP) is 1.83. The van der Waals surface area contributed by atoms with Crippen LogP contribution in [0.1, 0.15) is 17.9 Å². The molecule has 2 unspecified atom stereocenters. The number of rotatable bonds is 5. The maximum absolute atomic E-state index is 11.2. The highest BCUT2D eigenvalue weighted by Gasteiger charge is 2.43. The van der Waals surface area contributed by atoms with Crippen LogP contribution in [-0.4, -0.2) is 23.4 Å². The van der Waals surface area contributed by atoms with Crippen molar-refractivity contribution in [1.82, 2.24) is 0 Å². The third-order valence-corrected chi connectivity index (χ3v) is 3.02. The standard InChI is InChI=1S/C11H13Cl2NO3/c1-2-17-11(16,10(14)15)9(13)7-3-5-8(12)6-4-7/h3-6,9,16H,2H2,1H3,(H2,14,15). The van der Waals surface area contributed by atoms with E-state index < -0.39 is 17.1 Å². The van der Waals surface area contributed by atoms with Gasteiger partial charge < -0.3 is 15.6 Å². The van der Waals surface area contributed by atoms with Gasteiger partial charge in [-0.1, -0.05) is 23.7 Å². The van der Waals surface area contributed by atoms with Gasteiger partial charge in [0.1, 0.15) is 5.38 Å². The fraction of sp³-hybridized carbons (Fsp3) is 0.364. The molecule has 0 aliphatic rings. The van der Waals surface area contributed by atoms with Crippen molar-refractivity contribution in [2.24, 2.45) is 5.73 Å². The van der Waals surface area contributed by atoms with Gasteiger partial charge in [-0.05, 0) is 24.6 Å². The SMILES string of the molecule is CCOC(O)(C(N)=O)C(Cl)c1ccc(Cl)cc1. The molecule has 1 amide bonds. The average Bonchev–Trinajstić information content (AvgIpc) is 2.29. The monoisotopic (exact) mass is 277 g/mol. The Balaban J connectivity index is 3.03. The predicted molar refractivity (Wildman–Crippen MR) is 65.8 cm³/mol. The average molecular weight is 278 g/mol. The van der Waals surface area contributed by atoms with Gasteiger partial charge in [0.15, 0.2) is 0 Å². The van der Waals surface area contributed by atoms with E-state index in [-0.39, 0.29) is 6.61 Å². The van der Waals surface area contributed by atoms with Crippen molar-refractivity contribution < 1.29 is 14.6 Å². The number of aliphatic hydroxyl groups is 1. The zero-order valence-electron chi connectivity index (χ0n) is 9.19. The molecule has 0 heterocycles. The molecule has 0 saturated carbocycles. The van der Waals surface area contributed by atoms with Crippen molar-refractivity contribution in [2.45, 2.75) is 18.1 Å². The molecule has 0 saturated heterocycles. The van der Waals surface area contributed by atoms with Crippen LogP contribution in [0.5, 0.6) is 0 Å². The highest BCUT2D eigenvalue weighted by Crippen LogP contribution is 2.33. The van der Waals surface area contributed by atoms with Crippen molar-refractivity contribution in [3.63, 3.8) is 0 Å². The van der Waals surface area contributed by atoms with E-state index in [1.807, 2.05) is 0 Å².